The molecule has 0 amide bonds. The predicted octanol–water partition coefficient (Wildman–Crippen LogP) is 4.31. The summed E-state index contributed by atoms with van der Waals surface area (Å²) in [4.78, 5) is 2.81. The van der Waals surface area contributed by atoms with Gasteiger partial charge in [0.15, 0.2) is 0 Å². The van der Waals surface area contributed by atoms with Crippen LogP contribution < -0.4 is 0 Å². The van der Waals surface area contributed by atoms with Gasteiger partial charge in [-0.05, 0) is 0 Å². The predicted molar refractivity (Wildman–Crippen MR) is 80.9 cm³/mol. The molecule has 0 aliphatic carbocycles. The van der Waals surface area contributed by atoms with E-state index in [0.717, 1.165) is 0 Å². The van der Waals surface area contributed by atoms with Crippen LogP contribution in [0.4, 0.5) is 4.20 Å². The first-order valence-electron chi connectivity index (χ1n) is 4.21. The van der Waals surface area contributed by atoms with E-state index >= 15 is 0 Å². The molecule has 6 nitrogen and oxygen atoms in total. The van der Waals surface area contributed by atoms with E-state index in [1.54, 1.807) is 0 Å². The fourth-order valence-corrected chi connectivity index (χ4v) is 3.28. The van der Waals surface area contributed by atoms with Crippen molar-refractivity contribution in [1.82, 2.24) is 0 Å². The molecule has 0 aromatic rings. The van der Waals surface area contributed by atoms with Gasteiger partial charge in [0.2, 0.25) is 0 Å². The zero-order valence-electron chi connectivity index (χ0n) is 12.2. The smallest absolute Gasteiger partial charge is 0 e. The number of hydrogen-bond acceptors (Lipinski definition) is 0. The average molecular weight is 479 g/mol. The Morgan fingerprint density at radius 2 is 0.917 bits per heavy atom. The van der Waals surface area contributed by atoms with E-state index in [2.05, 4.69) is 38.1 Å². The summed E-state index contributed by atoms with van der Waals surface area (Å²) in [5.74, 6) is 0. The monoisotopic (exact) mass is 477 g/mol. The summed E-state index contributed by atoms with van der Waals surface area (Å²) in [5.41, 5.74) is 0. The molecule has 0 rings (SSSR count). The maximum Gasteiger partial charge on any atom is 0 e. The minimum atomic E-state index is -3.95. The van der Waals surface area contributed by atoms with Crippen LogP contribution in [-0.4, -0.2) is 28.5 Å². The number of halogens is 5. The van der Waals surface area contributed by atoms with Crippen LogP contribution >= 0.6 is 53.3 Å². The molecule has 0 aliphatic rings. The summed E-state index contributed by atoms with van der Waals surface area (Å²) < 4.78 is 47.3. The van der Waals surface area contributed by atoms with Crippen molar-refractivity contribution < 1.29 is 44.8 Å². The van der Waals surface area contributed by atoms with Gasteiger partial charge >= 0.3 is 154 Å². The molecule has 0 bridgehead atoms. The van der Waals surface area contributed by atoms with E-state index in [1.807, 2.05) is 0 Å². The maximum absolute atomic E-state index is 14.1. The third-order valence-corrected chi connectivity index (χ3v) is 9.03. The first-order chi connectivity index (χ1) is 10.3. The van der Waals surface area contributed by atoms with Crippen molar-refractivity contribution in [2.24, 2.45) is 0 Å². The van der Waals surface area contributed by atoms with Crippen LogP contribution in [0.3, 0.4) is 0 Å². The molecule has 0 N–H and O–H groups in total. The summed E-state index contributed by atoms with van der Waals surface area (Å²) in [6, 6.07) is 0. The molecule has 0 aromatic heterocycles. The molecular weight excluding hydrogens is 470 g/mol. The molecule has 0 fully saturated rings. The van der Waals surface area contributed by atoms with Gasteiger partial charge in [0.05, 0.1) is 0 Å². The van der Waals surface area contributed by atoms with Gasteiger partial charge in [-0.15, -0.1) is 0 Å². The van der Waals surface area contributed by atoms with Crippen molar-refractivity contribution in [1.29, 1.82) is 0 Å². The Morgan fingerprint density at radius 1 is 0.750 bits per heavy atom. The van der Waals surface area contributed by atoms with Crippen molar-refractivity contribution in [3.63, 3.8) is 0 Å². The van der Waals surface area contributed by atoms with Crippen LogP contribution in [-0.2, 0) is 40.6 Å². The largest absolute Gasteiger partial charge is 0 e. The van der Waals surface area contributed by atoms with Crippen LogP contribution in [0.2, 0.25) is 0 Å². The molecular formula is C11H9Cl4CrFNO5P. The van der Waals surface area contributed by atoms with Gasteiger partial charge in [0, 0.05) is 17.4 Å². The summed E-state index contributed by atoms with van der Waals surface area (Å²) in [6.45, 7) is 29.0. The molecule has 0 aliphatic heterocycles. The standard InChI is InChI=1S/C6H9Cl4FNP.5CO.Cr/c1-12-5(7,8)6(9,10)13(2,3,4)11;5*1-2;/h2-4H3;;;;;;. The summed E-state index contributed by atoms with van der Waals surface area (Å²) in [6.07, 6.45) is 0. The van der Waals surface area contributed by atoms with E-state index < -0.39 is 15.4 Å². The van der Waals surface area contributed by atoms with Gasteiger partial charge in [-0.2, -0.15) is 0 Å². The van der Waals surface area contributed by atoms with Crippen molar-refractivity contribution >= 4 is 53.3 Å². The fraction of sp³-hybridized carbons (Fsp3) is 0.455. The summed E-state index contributed by atoms with van der Waals surface area (Å²) in [5, 5.41) is 0. The summed E-state index contributed by atoms with van der Waals surface area (Å²) in [7, 11) is 0. The molecule has 134 valence electrons. The minimum Gasteiger partial charge on any atom is 0 e. The molecule has 0 unspecified atom stereocenters. The molecule has 13 heteroatoms. The second-order valence-corrected chi connectivity index (χ2v) is 12.8. The Labute approximate surface area is 170 Å². The van der Waals surface area contributed by atoms with Crippen molar-refractivity contribution in [3.05, 3.63) is 44.7 Å². The maximum atomic E-state index is 14.1. The summed E-state index contributed by atoms with van der Waals surface area (Å²) >= 11 is 22.5. The zero-order valence-corrected chi connectivity index (χ0v) is 17.4. The van der Waals surface area contributed by atoms with Gasteiger partial charge in [-0.1, -0.05) is 0 Å². The van der Waals surface area contributed by atoms with Crippen molar-refractivity contribution in [3.8, 4) is 0 Å². The van der Waals surface area contributed by atoms with E-state index in [0.29, 0.717) is 0 Å². The van der Waals surface area contributed by atoms with Gasteiger partial charge in [-0.3, -0.25) is 0 Å². The molecule has 24 heavy (non-hydrogen) atoms. The van der Waals surface area contributed by atoms with Gasteiger partial charge in [-0.25, -0.2) is 0 Å². The Kier molecular flexibility index (Phi) is 39.1. The second-order valence-electron chi connectivity index (χ2n) is 3.80. The molecule has 0 spiro atoms. The molecule has 0 radical (unpaired) electrons. The Bertz CT molecular complexity index is 419. The fourth-order valence-electron chi connectivity index (χ4n) is 0.522. The van der Waals surface area contributed by atoms with Gasteiger partial charge in [0.1, 0.15) is 0 Å². The van der Waals surface area contributed by atoms with Crippen molar-refractivity contribution in [2.75, 3.05) is 20.0 Å². The first-order valence-corrected chi connectivity index (χ1v) is 9.19. The average Bonchev–Trinajstić information content (AvgIpc) is 2.55. The van der Waals surface area contributed by atoms with E-state index in [-0.39, 0.29) is 17.4 Å². The third kappa shape index (κ3) is 17.1. The minimum absolute atomic E-state index is 0. The Hall–Kier alpha value is 0.242. The zero-order chi connectivity index (χ0) is 21.2. The molecule has 0 atom stereocenters. The van der Waals surface area contributed by atoms with Crippen LogP contribution in [0.1, 0.15) is 0 Å². The Morgan fingerprint density at radius 3 is 0.958 bits per heavy atom. The van der Waals surface area contributed by atoms with E-state index in [1.165, 1.54) is 20.0 Å². The number of hydrogen-bond donors (Lipinski definition) is 0. The van der Waals surface area contributed by atoms with Gasteiger partial charge < -0.3 is 0 Å². The van der Waals surface area contributed by atoms with Crippen molar-refractivity contribution in [2.45, 2.75) is 8.53 Å². The number of nitrogens with zero attached hydrogens (tertiary/aromatic N) is 1. The molecule has 0 heterocycles. The topological polar surface area (TPSA) is 104 Å². The van der Waals surface area contributed by atoms with Crippen LogP contribution in [0, 0.1) is 39.8 Å². The Balaban J connectivity index is -0.0000000448. The molecule has 0 aromatic carbocycles. The quantitative estimate of drug-likeness (QED) is 0.185. The second kappa shape index (κ2) is 21.3. The molecule has 0 saturated carbocycles. The van der Waals surface area contributed by atoms with Crippen LogP contribution in [0.25, 0.3) is 4.85 Å². The van der Waals surface area contributed by atoms with E-state index in [4.69, 9.17) is 76.2 Å². The SMILES string of the molecule is [C-]#[N+]C(Cl)(Cl)C(Cl)(Cl)P(C)(C)(C)F.[C-]#[O+].[C-]#[O+].[C-]#[O+].[C-]#[O+].[C-]#[O+].[Cr]. The van der Waals surface area contributed by atoms with Gasteiger partial charge in [0.25, 0.3) is 0 Å². The van der Waals surface area contributed by atoms with Crippen LogP contribution in [0.5, 0.6) is 0 Å². The number of alkyl halides is 4. The van der Waals surface area contributed by atoms with Crippen LogP contribution in [0.15, 0.2) is 0 Å². The number of rotatable bonds is 2. The normalized spacial score (nSPS) is 9.79. The van der Waals surface area contributed by atoms with E-state index in [9.17, 15) is 4.20 Å². The molecule has 0 saturated heterocycles. The first kappa shape index (κ1) is 44.0. The third-order valence-electron chi connectivity index (χ3n) is 1.45.